The van der Waals surface area contributed by atoms with E-state index >= 15 is 0 Å². The Labute approximate surface area is 81.7 Å². The Morgan fingerprint density at radius 1 is 1.31 bits per heavy atom. The zero-order chi connectivity index (χ0) is 10.1. The lowest BCUT2D eigenvalue weighted by atomic mass is 9.99. The molecule has 1 atom stereocenters. The van der Waals surface area contributed by atoms with Crippen LogP contribution in [0, 0.1) is 5.92 Å². The standard InChI is InChI=1S/C11H22O2/c1-4-7-10(3)8-6-9-11(12)13-5-2/h10H,4-9H2,1-3H3. The van der Waals surface area contributed by atoms with Crippen LogP contribution in [0.4, 0.5) is 0 Å². The Bertz CT molecular complexity index is 132. The molecule has 0 heterocycles. The van der Waals surface area contributed by atoms with Gasteiger partial charge in [0.2, 0.25) is 0 Å². The van der Waals surface area contributed by atoms with Crippen molar-refractivity contribution in [2.75, 3.05) is 6.61 Å². The van der Waals surface area contributed by atoms with Gasteiger partial charge in [0.15, 0.2) is 0 Å². The number of esters is 1. The molecule has 2 heteroatoms. The van der Waals surface area contributed by atoms with Crippen LogP contribution in [0.1, 0.15) is 52.9 Å². The smallest absolute Gasteiger partial charge is 0.305 e. The third-order valence-electron chi connectivity index (χ3n) is 2.16. The van der Waals surface area contributed by atoms with Crippen LogP contribution in [0.5, 0.6) is 0 Å². The monoisotopic (exact) mass is 186 g/mol. The Morgan fingerprint density at radius 2 is 2.00 bits per heavy atom. The van der Waals surface area contributed by atoms with E-state index in [0.29, 0.717) is 13.0 Å². The van der Waals surface area contributed by atoms with Gasteiger partial charge in [-0.25, -0.2) is 0 Å². The summed E-state index contributed by atoms with van der Waals surface area (Å²) in [6, 6.07) is 0. The highest BCUT2D eigenvalue weighted by Crippen LogP contribution is 2.13. The van der Waals surface area contributed by atoms with E-state index in [-0.39, 0.29) is 5.97 Å². The van der Waals surface area contributed by atoms with Crippen LogP contribution >= 0.6 is 0 Å². The van der Waals surface area contributed by atoms with Gasteiger partial charge in [0.25, 0.3) is 0 Å². The Hall–Kier alpha value is -0.530. The van der Waals surface area contributed by atoms with E-state index in [0.717, 1.165) is 18.8 Å². The average molecular weight is 186 g/mol. The van der Waals surface area contributed by atoms with Crippen molar-refractivity contribution in [3.8, 4) is 0 Å². The molecule has 0 saturated carbocycles. The Kier molecular flexibility index (Phi) is 7.76. The lowest BCUT2D eigenvalue weighted by Crippen LogP contribution is -2.04. The summed E-state index contributed by atoms with van der Waals surface area (Å²) in [4.78, 5) is 11.0. The SMILES string of the molecule is CCCC(C)CCCC(=O)OCC. The lowest BCUT2D eigenvalue weighted by Gasteiger charge is -2.08. The van der Waals surface area contributed by atoms with Gasteiger partial charge in [-0.05, 0) is 19.3 Å². The minimum absolute atomic E-state index is 0.0498. The molecule has 0 rings (SSSR count). The quantitative estimate of drug-likeness (QED) is 0.571. The number of carbonyl (C=O) groups is 1. The summed E-state index contributed by atoms with van der Waals surface area (Å²) in [7, 11) is 0. The molecule has 1 unspecified atom stereocenters. The number of rotatable bonds is 7. The first-order valence-electron chi connectivity index (χ1n) is 5.36. The highest BCUT2D eigenvalue weighted by atomic mass is 16.5. The van der Waals surface area contributed by atoms with E-state index in [1.165, 1.54) is 12.8 Å². The number of ether oxygens (including phenoxy) is 1. The summed E-state index contributed by atoms with van der Waals surface area (Å²) in [6.45, 7) is 6.79. The van der Waals surface area contributed by atoms with Gasteiger partial charge in [0.05, 0.1) is 6.61 Å². The van der Waals surface area contributed by atoms with Gasteiger partial charge in [0.1, 0.15) is 0 Å². The van der Waals surface area contributed by atoms with Crippen molar-refractivity contribution in [1.82, 2.24) is 0 Å². The first kappa shape index (κ1) is 12.5. The van der Waals surface area contributed by atoms with Gasteiger partial charge in [-0.2, -0.15) is 0 Å². The summed E-state index contributed by atoms with van der Waals surface area (Å²) in [5.74, 6) is 0.700. The summed E-state index contributed by atoms with van der Waals surface area (Å²) in [5, 5.41) is 0. The van der Waals surface area contributed by atoms with Crippen molar-refractivity contribution in [3.63, 3.8) is 0 Å². The van der Waals surface area contributed by atoms with Gasteiger partial charge in [-0.15, -0.1) is 0 Å². The largest absolute Gasteiger partial charge is 0.466 e. The third kappa shape index (κ3) is 7.82. The van der Waals surface area contributed by atoms with Gasteiger partial charge in [-0.1, -0.05) is 33.1 Å². The number of hydrogen-bond donors (Lipinski definition) is 0. The van der Waals surface area contributed by atoms with Crippen LogP contribution in [-0.2, 0) is 9.53 Å². The topological polar surface area (TPSA) is 26.3 Å². The van der Waals surface area contributed by atoms with Gasteiger partial charge >= 0.3 is 5.97 Å². The molecule has 0 aliphatic rings. The summed E-state index contributed by atoms with van der Waals surface area (Å²) >= 11 is 0. The molecular formula is C11H22O2. The fourth-order valence-corrected chi connectivity index (χ4v) is 1.47. The molecule has 0 spiro atoms. The predicted molar refractivity (Wildman–Crippen MR) is 54.6 cm³/mol. The minimum atomic E-state index is -0.0498. The van der Waals surface area contributed by atoms with E-state index < -0.39 is 0 Å². The van der Waals surface area contributed by atoms with E-state index in [1.54, 1.807) is 0 Å². The molecule has 0 aliphatic carbocycles. The highest BCUT2D eigenvalue weighted by Gasteiger charge is 2.04. The lowest BCUT2D eigenvalue weighted by molar-refractivity contribution is -0.143. The molecule has 0 saturated heterocycles. The summed E-state index contributed by atoms with van der Waals surface area (Å²) in [5.41, 5.74) is 0. The summed E-state index contributed by atoms with van der Waals surface area (Å²) < 4.78 is 4.84. The van der Waals surface area contributed by atoms with Crippen molar-refractivity contribution in [2.45, 2.75) is 52.9 Å². The second-order valence-electron chi connectivity index (χ2n) is 3.59. The molecule has 0 amide bonds. The van der Waals surface area contributed by atoms with Crippen molar-refractivity contribution in [1.29, 1.82) is 0 Å². The molecule has 2 nitrogen and oxygen atoms in total. The van der Waals surface area contributed by atoms with Crippen LogP contribution in [-0.4, -0.2) is 12.6 Å². The highest BCUT2D eigenvalue weighted by molar-refractivity contribution is 5.69. The van der Waals surface area contributed by atoms with Crippen LogP contribution in [0.25, 0.3) is 0 Å². The Balaban J connectivity index is 3.28. The molecule has 0 aliphatic heterocycles. The maximum atomic E-state index is 11.0. The maximum Gasteiger partial charge on any atom is 0.305 e. The molecule has 0 aromatic heterocycles. The first-order chi connectivity index (χ1) is 6.20. The molecule has 0 radical (unpaired) electrons. The molecular weight excluding hydrogens is 164 g/mol. The number of carbonyl (C=O) groups excluding carboxylic acids is 1. The third-order valence-corrected chi connectivity index (χ3v) is 2.16. The molecule has 0 N–H and O–H groups in total. The van der Waals surface area contributed by atoms with Crippen molar-refractivity contribution in [3.05, 3.63) is 0 Å². The van der Waals surface area contributed by atoms with E-state index in [2.05, 4.69) is 13.8 Å². The van der Waals surface area contributed by atoms with Crippen LogP contribution in [0.15, 0.2) is 0 Å². The predicted octanol–water partition coefficient (Wildman–Crippen LogP) is 3.16. The average Bonchev–Trinajstić information content (AvgIpc) is 2.05. The molecule has 0 aromatic carbocycles. The molecule has 0 bridgehead atoms. The molecule has 0 fully saturated rings. The van der Waals surface area contributed by atoms with Gasteiger partial charge < -0.3 is 4.74 Å². The summed E-state index contributed by atoms with van der Waals surface area (Å²) in [6.07, 6.45) is 5.21. The van der Waals surface area contributed by atoms with E-state index in [9.17, 15) is 4.79 Å². The zero-order valence-corrected chi connectivity index (χ0v) is 9.14. The van der Waals surface area contributed by atoms with E-state index in [4.69, 9.17) is 4.74 Å². The van der Waals surface area contributed by atoms with Crippen molar-refractivity contribution in [2.24, 2.45) is 5.92 Å². The minimum Gasteiger partial charge on any atom is -0.466 e. The van der Waals surface area contributed by atoms with E-state index in [1.807, 2.05) is 6.92 Å². The fourth-order valence-electron chi connectivity index (χ4n) is 1.47. The second-order valence-corrected chi connectivity index (χ2v) is 3.59. The maximum absolute atomic E-state index is 11.0. The normalized spacial score (nSPS) is 12.5. The van der Waals surface area contributed by atoms with Crippen LogP contribution < -0.4 is 0 Å². The van der Waals surface area contributed by atoms with Gasteiger partial charge in [0, 0.05) is 6.42 Å². The molecule has 78 valence electrons. The first-order valence-corrected chi connectivity index (χ1v) is 5.36. The fraction of sp³-hybridized carbons (Fsp3) is 0.909. The van der Waals surface area contributed by atoms with Crippen molar-refractivity contribution >= 4 is 5.97 Å². The second kappa shape index (κ2) is 8.09. The van der Waals surface area contributed by atoms with Gasteiger partial charge in [-0.3, -0.25) is 4.79 Å². The molecule has 0 aromatic rings. The number of hydrogen-bond acceptors (Lipinski definition) is 2. The van der Waals surface area contributed by atoms with Crippen molar-refractivity contribution < 1.29 is 9.53 Å². The zero-order valence-electron chi connectivity index (χ0n) is 9.14. The molecule has 13 heavy (non-hydrogen) atoms. The van der Waals surface area contributed by atoms with Crippen LogP contribution in [0.2, 0.25) is 0 Å². The van der Waals surface area contributed by atoms with Crippen LogP contribution in [0.3, 0.4) is 0 Å². The Morgan fingerprint density at radius 3 is 2.54 bits per heavy atom.